The van der Waals surface area contributed by atoms with Gasteiger partial charge in [0.15, 0.2) is 0 Å². The first-order valence-corrected chi connectivity index (χ1v) is 17.0. The topological polar surface area (TPSA) is 96.0 Å². The summed E-state index contributed by atoms with van der Waals surface area (Å²) < 4.78 is 34.9. The van der Waals surface area contributed by atoms with Crippen LogP contribution >= 0.6 is 23.2 Å². The molecule has 0 aromatic heterocycles. The largest absolute Gasteiger partial charge is 0.495 e. The number of anilines is 1. The number of hydrogen-bond acceptors (Lipinski definition) is 5. The molecule has 4 aromatic rings. The summed E-state index contributed by atoms with van der Waals surface area (Å²) in [6, 6.07) is 27.6. The van der Waals surface area contributed by atoms with Gasteiger partial charge in [-0.3, -0.25) is 13.9 Å². The van der Waals surface area contributed by atoms with Gasteiger partial charge in [0.25, 0.3) is 10.0 Å². The predicted molar refractivity (Wildman–Crippen MR) is 183 cm³/mol. The number of carbonyl (C=O) groups is 2. The van der Waals surface area contributed by atoms with Crippen LogP contribution in [0.4, 0.5) is 5.69 Å². The number of methoxy groups -OCH3 is 1. The molecule has 2 amide bonds. The van der Waals surface area contributed by atoms with E-state index < -0.39 is 28.5 Å². The molecule has 0 fully saturated rings. The minimum absolute atomic E-state index is 0.0212. The molecule has 0 saturated carbocycles. The molecule has 0 aliphatic carbocycles. The van der Waals surface area contributed by atoms with E-state index in [-0.39, 0.29) is 46.3 Å². The lowest BCUT2D eigenvalue weighted by molar-refractivity contribution is -0.140. The number of ether oxygens (including phenoxy) is 1. The average molecular weight is 683 g/mol. The van der Waals surface area contributed by atoms with Crippen molar-refractivity contribution in [3.63, 3.8) is 0 Å². The van der Waals surface area contributed by atoms with E-state index in [0.717, 1.165) is 9.87 Å². The highest BCUT2D eigenvalue weighted by Gasteiger charge is 2.36. The molecule has 0 aliphatic rings. The van der Waals surface area contributed by atoms with Crippen molar-refractivity contribution in [1.82, 2.24) is 10.2 Å². The van der Waals surface area contributed by atoms with Crippen LogP contribution < -0.4 is 14.4 Å². The van der Waals surface area contributed by atoms with Gasteiger partial charge >= 0.3 is 0 Å². The normalized spacial score (nSPS) is 12.5. The highest BCUT2D eigenvalue weighted by molar-refractivity contribution is 7.92. The molecule has 0 unspecified atom stereocenters. The molecule has 46 heavy (non-hydrogen) atoms. The number of carbonyl (C=O) groups excluding carboxylic acids is 2. The third-order valence-corrected chi connectivity index (χ3v) is 9.82. The quantitative estimate of drug-likeness (QED) is 0.159. The Morgan fingerprint density at radius 2 is 1.46 bits per heavy atom. The van der Waals surface area contributed by atoms with E-state index in [2.05, 4.69) is 5.32 Å². The van der Waals surface area contributed by atoms with Gasteiger partial charge in [0.2, 0.25) is 11.8 Å². The fraction of sp³-hybridized carbons (Fsp3) is 0.257. The minimum Gasteiger partial charge on any atom is -0.495 e. The second-order valence-corrected chi connectivity index (χ2v) is 13.5. The summed E-state index contributed by atoms with van der Waals surface area (Å²) in [7, 11) is -2.90. The van der Waals surface area contributed by atoms with Gasteiger partial charge in [0.05, 0.1) is 17.7 Å². The summed E-state index contributed by atoms with van der Waals surface area (Å²) in [5, 5.41) is 3.80. The van der Waals surface area contributed by atoms with Crippen molar-refractivity contribution in [1.29, 1.82) is 0 Å². The first-order chi connectivity index (χ1) is 22.0. The molecule has 0 heterocycles. The van der Waals surface area contributed by atoms with Gasteiger partial charge in [-0.2, -0.15) is 0 Å². The fourth-order valence-corrected chi connectivity index (χ4v) is 6.60. The third kappa shape index (κ3) is 8.81. The molecule has 0 aliphatic heterocycles. The fourth-order valence-electron chi connectivity index (χ4n) is 4.87. The standard InChI is InChI=1S/C35H37Cl2N3O5S/c1-4-25(2)38-35(42)32(21-26-11-7-5-8-12-26)39(23-27-15-17-28(36)18-16-27)34(41)24-40(31-22-29(37)19-20-33(31)45-3)46(43,44)30-13-9-6-10-14-30/h5-20,22,25,32H,4,21,23-24H2,1-3H3,(H,38,42)/t25-,32+/m1/s1. The van der Waals surface area contributed by atoms with E-state index in [9.17, 15) is 18.0 Å². The number of halogens is 2. The SMILES string of the molecule is CC[C@@H](C)NC(=O)[C@H](Cc1ccccc1)N(Cc1ccc(Cl)cc1)C(=O)CN(c1cc(Cl)ccc1OC)S(=O)(=O)c1ccccc1. The molecule has 0 saturated heterocycles. The Morgan fingerprint density at radius 1 is 0.848 bits per heavy atom. The van der Waals surface area contributed by atoms with Crippen molar-refractivity contribution in [2.75, 3.05) is 18.0 Å². The van der Waals surface area contributed by atoms with Crippen molar-refractivity contribution < 1.29 is 22.7 Å². The number of benzene rings is 4. The molecule has 2 atom stereocenters. The van der Waals surface area contributed by atoms with Crippen LogP contribution in [0.1, 0.15) is 31.4 Å². The summed E-state index contributed by atoms with van der Waals surface area (Å²) >= 11 is 12.5. The van der Waals surface area contributed by atoms with Gasteiger partial charge in [-0.15, -0.1) is 0 Å². The predicted octanol–water partition coefficient (Wildman–Crippen LogP) is 6.75. The maximum Gasteiger partial charge on any atom is 0.264 e. The summed E-state index contributed by atoms with van der Waals surface area (Å²) in [5.41, 5.74) is 1.64. The summed E-state index contributed by atoms with van der Waals surface area (Å²) in [6.07, 6.45) is 0.890. The number of sulfonamides is 1. The second kappa shape index (κ2) is 16.0. The highest BCUT2D eigenvalue weighted by Crippen LogP contribution is 2.35. The Balaban J connectivity index is 1.84. The number of amides is 2. The van der Waals surface area contributed by atoms with Gasteiger partial charge in [-0.1, -0.05) is 90.8 Å². The van der Waals surface area contributed by atoms with Crippen LogP contribution in [-0.4, -0.2) is 50.9 Å². The smallest absolute Gasteiger partial charge is 0.264 e. The Morgan fingerprint density at radius 3 is 2.07 bits per heavy atom. The van der Waals surface area contributed by atoms with E-state index >= 15 is 0 Å². The number of nitrogens with one attached hydrogen (secondary N) is 1. The van der Waals surface area contributed by atoms with Gasteiger partial charge in [-0.25, -0.2) is 8.42 Å². The number of nitrogens with zero attached hydrogens (tertiary/aromatic N) is 2. The average Bonchev–Trinajstić information content (AvgIpc) is 3.06. The van der Waals surface area contributed by atoms with E-state index in [1.807, 2.05) is 44.2 Å². The molecule has 4 aromatic carbocycles. The van der Waals surface area contributed by atoms with Crippen LogP contribution in [0.25, 0.3) is 0 Å². The molecule has 0 bridgehead atoms. The number of rotatable bonds is 14. The van der Waals surface area contributed by atoms with Crippen LogP contribution in [0, 0.1) is 0 Å². The molecule has 0 radical (unpaired) electrons. The van der Waals surface area contributed by atoms with E-state index in [1.165, 1.54) is 30.2 Å². The molecular weight excluding hydrogens is 645 g/mol. The maximum absolute atomic E-state index is 14.6. The van der Waals surface area contributed by atoms with Crippen LogP contribution in [-0.2, 0) is 32.6 Å². The zero-order valence-electron chi connectivity index (χ0n) is 25.9. The lowest BCUT2D eigenvalue weighted by Gasteiger charge is -2.34. The van der Waals surface area contributed by atoms with E-state index in [4.69, 9.17) is 27.9 Å². The zero-order chi connectivity index (χ0) is 33.3. The van der Waals surface area contributed by atoms with E-state index in [0.29, 0.717) is 17.0 Å². The highest BCUT2D eigenvalue weighted by atomic mass is 35.5. The molecule has 11 heteroatoms. The van der Waals surface area contributed by atoms with Crippen molar-refractivity contribution in [2.45, 2.75) is 50.2 Å². The van der Waals surface area contributed by atoms with Crippen molar-refractivity contribution in [3.05, 3.63) is 124 Å². The van der Waals surface area contributed by atoms with Crippen molar-refractivity contribution in [2.24, 2.45) is 0 Å². The van der Waals surface area contributed by atoms with Crippen LogP contribution in [0.15, 0.2) is 108 Å². The molecule has 0 spiro atoms. The maximum atomic E-state index is 14.6. The lowest BCUT2D eigenvalue weighted by Crippen LogP contribution is -2.54. The Labute approximate surface area is 280 Å². The van der Waals surface area contributed by atoms with Crippen LogP contribution in [0.5, 0.6) is 5.75 Å². The second-order valence-electron chi connectivity index (χ2n) is 10.8. The Hall–Kier alpha value is -4.05. The summed E-state index contributed by atoms with van der Waals surface area (Å²) in [5.74, 6) is -0.744. The lowest BCUT2D eigenvalue weighted by atomic mass is 10.0. The van der Waals surface area contributed by atoms with Crippen LogP contribution in [0.3, 0.4) is 0 Å². The van der Waals surface area contributed by atoms with E-state index in [1.54, 1.807) is 54.6 Å². The molecule has 242 valence electrons. The van der Waals surface area contributed by atoms with Gasteiger partial charge in [0, 0.05) is 29.1 Å². The molecule has 1 N–H and O–H groups in total. The molecular formula is C35H37Cl2N3O5S. The van der Waals surface area contributed by atoms with Gasteiger partial charge in [-0.05, 0) is 66.9 Å². The first kappa shape index (κ1) is 34.8. The molecule has 4 rings (SSSR count). The van der Waals surface area contributed by atoms with Crippen molar-refractivity contribution >= 4 is 50.7 Å². The Kier molecular flexibility index (Phi) is 12.1. The zero-order valence-corrected chi connectivity index (χ0v) is 28.2. The monoisotopic (exact) mass is 681 g/mol. The minimum atomic E-state index is -4.31. The Bertz CT molecular complexity index is 1720. The first-order valence-electron chi connectivity index (χ1n) is 14.8. The summed E-state index contributed by atoms with van der Waals surface area (Å²) in [6.45, 7) is 3.23. The van der Waals surface area contributed by atoms with Gasteiger partial charge < -0.3 is 15.0 Å². The van der Waals surface area contributed by atoms with Crippen LogP contribution in [0.2, 0.25) is 10.0 Å². The third-order valence-electron chi connectivity index (χ3n) is 7.56. The summed E-state index contributed by atoms with van der Waals surface area (Å²) in [4.78, 5) is 29.9. The van der Waals surface area contributed by atoms with Crippen molar-refractivity contribution in [3.8, 4) is 5.75 Å². The molecule has 8 nitrogen and oxygen atoms in total. The number of hydrogen-bond donors (Lipinski definition) is 1. The van der Waals surface area contributed by atoms with Gasteiger partial charge in [0.1, 0.15) is 18.3 Å².